The zero-order chi connectivity index (χ0) is 14.9. The number of benzene rings is 1. The number of hydrogen-bond acceptors (Lipinski definition) is 1. The molecular weight excluding hydrogens is 319 g/mol. The summed E-state index contributed by atoms with van der Waals surface area (Å²) in [5.74, 6) is 0.698. The Labute approximate surface area is 129 Å². The van der Waals surface area contributed by atoms with Crippen LogP contribution in [0.1, 0.15) is 45.6 Å². The third kappa shape index (κ3) is 3.82. The second-order valence-corrected chi connectivity index (χ2v) is 7.95. The van der Waals surface area contributed by atoms with E-state index in [-0.39, 0.29) is 17.3 Å². The minimum absolute atomic E-state index is 0.0210. The lowest BCUT2D eigenvalue weighted by atomic mass is 9.65. The Bertz CT molecular complexity index is 452. The van der Waals surface area contributed by atoms with Crippen LogP contribution in [0.5, 0.6) is 0 Å². The molecule has 20 heavy (non-hydrogen) atoms. The second-order valence-electron chi connectivity index (χ2n) is 7.04. The van der Waals surface area contributed by atoms with Crippen molar-refractivity contribution in [1.82, 2.24) is 0 Å². The predicted molar refractivity (Wildman–Crippen MR) is 84.1 cm³/mol. The van der Waals surface area contributed by atoms with Crippen molar-refractivity contribution in [3.05, 3.63) is 34.1 Å². The zero-order valence-corrected chi connectivity index (χ0v) is 14.1. The van der Waals surface area contributed by atoms with Crippen molar-refractivity contribution in [3.8, 4) is 0 Å². The fourth-order valence-corrected chi connectivity index (χ4v) is 4.15. The molecule has 0 heterocycles. The van der Waals surface area contributed by atoms with Gasteiger partial charge in [0.05, 0.1) is 6.10 Å². The van der Waals surface area contributed by atoms with Crippen molar-refractivity contribution in [1.29, 1.82) is 0 Å². The van der Waals surface area contributed by atoms with Gasteiger partial charge in [-0.25, -0.2) is 4.39 Å². The summed E-state index contributed by atoms with van der Waals surface area (Å²) in [7, 11) is 0. The Balaban J connectivity index is 2.13. The van der Waals surface area contributed by atoms with E-state index in [1.807, 2.05) is 6.07 Å². The third-order valence-electron chi connectivity index (χ3n) is 4.66. The molecule has 3 heteroatoms. The van der Waals surface area contributed by atoms with Crippen LogP contribution in [-0.2, 0) is 6.42 Å². The van der Waals surface area contributed by atoms with Crippen molar-refractivity contribution in [3.63, 3.8) is 0 Å². The quantitative estimate of drug-likeness (QED) is 0.823. The van der Waals surface area contributed by atoms with Gasteiger partial charge in [0, 0.05) is 4.47 Å². The van der Waals surface area contributed by atoms with Crippen LogP contribution in [0.15, 0.2) is 22.7 Å². The van der Waals surface area contributed by atoms with Crippen molar-refractivity contribution in [2.45, 2.75) is 52.6 Å². The average Bonchev–Trinajstić information content (AvgIpc) is 2.25. The van der Waals surface area contributed by atoms with Crippen LogP contribution in [0.4, 0.5) is 4.39 Å². The molecule has 1 aromatic rings. The monoisotopic (exact) mass is 342 g/mol. The fraction of sp³-hybridized carbons (Fsp3) is 0.647. The average molecular weight is 343 g/mol. The maximum absolute atomic E-state index is 13.5. The maximum atomic E-state index is 13.5. The Kier molecular flexibility index (Phi) is 4.91. The first-order chi connectivity index (χ1) is 9.28. The summed E-state index contributed by atoms with van der Waals surface area (Å²) in [5.41, 5.74) is 0.972. The van der Waals surface area contributed by atoms with E-state index in [1.54, 1.807) is 6.07 Å². The van der Waals surface area contributed by atoms with Gasteiger partial charge in [-0.2, -0.15) is 0 Å². The van der Waals surface area contributed by atoms with Crippen LogP contribution < -0.4 is 0 Å². The molecule has 0 aliphatic heterocycles. The molecule has 1 saturated carbocycles. The lowest BCUT2D eigenvalue weighted by Gasteiger charge is -2.42. The van der Waals surface area contributed by atoms with Gasteiger partial charge in [0.2, 0.25) is 0 Å². The first-order valence-corrected chi connectivity index (χ1v) is 8.20. The summed E-state index contributed by atoms with van der Waals surface area (Å²) < 4.78 is 14.3. The summed E-state index contributed by atoms with van der Waals surface area (Å²) in [6.45, 7) is 6.58. The SMILES string of the molecule is CC1CCC(C(C)(C)Cc2cc(F)cc(Br)c2)C(O)C1. The van der Waals surface area contributed by atoms with Crippen LogP contribution in [0.3, 0.4) is 0 Å². The molecule has 0 radical (unpaired) electrons. The molecule has 1 nitrogen and oxygen atoms in total. The van der Waals surface area contributed by atoms with E-state index >= 15 is 0 Å². The van der Waals surface area contributed by atoms with E-state index in [9.17, 15) is 9.50 Å². The van der Waals surface area contributed by atoms with Crippen LogP contribution >= 0.6 is 15.9 Å². The van der Waals surface area contributed by atoms with Crippen molar-refractivity contribution < 1.29 is 9.50 Å². The van der Waals surface area contributed by atoms with Crippen LogP contribution in [0, 0.1) is 23.1 Å². The van der Waals surface area contributed by atoms with Gasteiger partial charge in [0.1, 0.15) is 5.82 Å². The predicted octanol–water partition coefficient (Wildman–Crippen LogP) is 4.95. The first kappa shape index (κ1) is 16.0. The zero-order valence-electron chi connectivity index (χ0n) is 12.5. The topological polar surface area (TPSA) is 20.2 Å². The molecule has 1 fully saturated rings. The fourth-order valence-electron chi connectivity index (χ4n) is 3.63. The Morgan fingerprint density at radius 2 is 2.00 bits per heavy atom. The molecule has 0 aromatic heterocycles. The lowest BCUT2D eigenvalue weighted by molar-refractivity contribution is -0.0125. The first-order valence-electron chi connectivity index (χ1n) is 7.41. The number of rotatable bonds is 3. The van der Waals surface area contributed by atoms with Gasteiger partial charge < -0.3 is 5.11 Å². The molecular formula is C17H24BrFO. The van der Waals surface area contributed by atoms with E-state index < -0.39 is 0 Å². The summed E-state index contributed by atoms with van der Waals surface area (Å²) in [6, 6.07) is 5.06. The normalized spacial score (nSPS) is 27.6. The summed E-state index contributed by atoms with van der Waals surface area (Å²) in [6.07, 6.45) is 3.69. The Morgan fingerprint density at radius 3 is 2.60 bits per heavy atom. The van der Waals surface area contributed by atoms with Gasteiger partial charge in [-0.3, -0.25) is 0 Å². The maximum Gasteiger partial charge on any atom is 0.124 e. The van der Waals surface area contributed by atoms with Gasteiger partial charge in [-0.15, -0.1) is 0 Å². The molecule has 0 saturated heterocycles. The van der Waals surface area contributed by atoms with E-state index in [0.717, 1.165) is 29.3 Å². The second kappa shape index (κ2) is 6.15. The number of aliphatic hydroxyl groups is 1. The molecule has 3 atom stereocenters. The molecule has 0 spiro atoms. The van der Waals surface area contributed by atoms with Crippen LogP contribution in [0.25, 0.3) is 0 Å². The Hall–Kier alpha value is -0.410. The molecule has 1 aliphatic carbocycles. The van der Waals surface area contributed by atoms with Crippen molar-refractivity contribution in [2.24, 2.45) is 17.3 Å². The summed E-state index contributed by atoms with van der Waals surface area (Å²) in [5, 5.41) is 10.4. The highest BCUT2D eigenvalue weighted by molar-refractivity contribution is 9.10. The summed E-state index contributed by atoms with van der Waals surface area (Å²) >= 11 is 3.35. The number of aliphatic hydroxyl groups excluding tert-OH is 1. The van der Waals surface area contributed by atoms with Crippen LogP contribution in [0.2, 0.25) is 0 Å². The lowest BCUT2D eigenvalue weighted by Crippen LogP contribution is -2.39. The Morgan fingerprint density at radius 1 is 1.30 bits per heavy atom. The summed E-state index contributed by atoms with van der Waals surface area (Å²) in [4.78, 5) is 0. The highest BCUT2D eigenvalue weighted by atomic mass is 79.9. The van der Waals surface area contributed by atoms with Gasteiger partial charge in [0.25, 0.3) is 0 Å². The van der Waals surface area contributed by atoms with Gasteiger partial charge in [-0.05, 0) is 60.3 Å². The van der Waals surface area contributed by atoms with E-state index in [2.05, 4.69) is 36.7 Å². The standard InChI is InChI=1S/C17H24BrFO/c1-11-4-5-15(16(20)6-11)17(2,3)10-12-7-13(18)9-14(19)8-12/h7-9,11,15-16,20H,4-6,10H2,1-3H3. The van der Waals surface area contributed by atoms with Crippen LogP contribution in [-0.4, -0.2) is 11.2 Å². The molecule has 0 bridgehead atoms. The largest absolute Gasteiger partial charge is 0.393 e. The van der Waals surface area contributed by atoms with Crippen molar-refractivity contribution >= 4 is 15.9 Å². The third-order valence-corrected chi connectivity index (χ3v) is 5.12. The minimum atomic E-state index is -0.231. The molecule has 1 aromatic carbocycles. The molecule has 0 amide bonds. The van der Waals surface area contributed by atoms with E-state index in [4.69, 9.17) is 0 Å². The highest BCUT2D eigenvalue weighted by Gasteiger charge is 2.38. The van der Waals surface area contributed by atoms with E-state index in [0.29, 0.717) is 11.8 Å². The van der Waals surface area contributed by atoms with Gasteiger partial charge in [-0.1, -0.05) is 43.1 Å². The van der Waals surface area contributed by atoms with Gasteiger partial charge >= 0.3 is 0 Å². The number of halogens is 2. The molecule has 3 unspecified atom stereocenters. The number of hydrogen-bond donors (Lipinski definition) is 1. The molecule has 112 valence electrons. The molecule has 1 aliphatic rings. The smallest absolute Gasteiger partial charge is 0.124 e. The molecule has 2 rings (SSSR count). The van der Waals surface area contributed by atoms with Crippen molar-refractivity contribution in [2.75, 3.05) is 0 Å². The molecule has 1 N–H and O–H groups in total. The highest BCUT2D eigenvalue weighted by Crippen LogP contribution is 2.42. The minimum Gasteiger partial charge on any atom is -0.393 e. The van der Waals surface area contributed by atoms with Gasteiger partial charge in [0.15, 0.2) is 0 Å². The van der Waals surface area contributed by atoms with E-state index in [1.165, 1.54) is 12.5 Å².